The Morgan fingerprint density at radius 3 is 2.56 bits per heavy atom. The number of carbonyl (C=O) groups excluding carboxylic acids is 1. The third-order valence-electron chi connectivity index (χ3n) is 4.21. The third-order valence-corrected chi connectivity index (χ3v) is 4.58. The number of ether oxygens (including phenoxy) is 2. The molecule has 1 amide bonds. The van der Waals surface area contributed by atoms with Gasteiger partial charge in [0.05, 0.1) is 25.9 Å². The van der Waals surface area contributed by atoms with Gasteiger partial charge in [0.25, 0.3) is 0 Å². The highest BCUT2D eigenvalue weighted by molar-refractivity contribution is 6.31. The van der Waals surface area contributed by atoms with E-state index in [4.69, 9.17) is 21.1 Å². The summed E-state index contributed by atoms with van der Waals surface area (Å²) in [5, 5.41) is 0.630. The molecule has 25 heavy (non-hydrogen) atoms. The van der Waals surface area contributed by atoms with Crippen LogP contribution in [-0.2, 0) is 11.2 Å². The van der Waals surface area contributed by atoms with Crippen molar-refractivity contribution in [1.82, 2.24) is 14.9 Å². The first-order valence-corrected chi connectivity index (χ1v) is 8.57. The summed E-state index contributed by atoms with van der Waals surface area (Å²) < 4.78 is 10.8. The van der Waals surface area contributed by atoms with Gasteiger partial charge in [-0.3, -0.25) is 4.79 Å². The van der Waals surface area contributed by atoms with E-state index >= 15 is 0 Å². The molecule has 132 valence electrons. The lowest BCUT2D eigenvalue weighted by atomic mass is 10.1. The molecule has 1 aromatic heterocycles. The first-order chi connectivity index (χ1) is 12.2. The van der Waals surface area contributed by atoms with E-state index in [-0.39, 0.29) is 12.0 Å². The Kier molecular flexibility index (Phi) is 5.71. The number of halogens is 1. The van der Waals surface area contributed by atoms with E-state index < -0.39 is 0 Å². The number of carbonyl (C=O) groups is 1. The Balaban J connectivity index is 1.49. The van der Waals surface area contributed by atoms with Crippen molar-refractivity contribution in [2.75, 3.05) is 20.2 Å². The second-order valence-electron chi connectivity index (χ2n) is 5.87. The zero-order valence-corrected chi connectivity index (χ0v) is 14.8. The Hall–Kier alpha value is -2.34. The van der Waals surface area contributed by atoms with Crippen molar-refractivity contribution < 1.29 is 14.3 Å². The average Bonchev–Trinajstić information content (AvgIpc) is 2.65. The van der Waals surface area contributed by atoms with E-state index in [0.29, 0.717) is 36.3 Å². The van der Waals surface area contributed by atoms with Gasteiger partial charge in [0, 0.05) is 31.0 Å². The van der Waals surface area contributed by atoms with Crippen LogP contribution in [0.3, 0.4) is 0 Å². The van der Waals surface area contributed by atoms with Crippen molar-refractivity contribution in [3.63, 3.8) is 0 Å². The quantitative estimate of drug-likeness (QED) is 0.819. The number of hydrogen-bond donors (Lipinski definition) is 0. The minimum Gasteiger partial charge on any atom is -0.494 e. The molecule has 6 nitrogen and oxygen atoms in total. The van der Waals surface area contributed by atoms with E-state index in [0.717, 1.165) is 18.4 Å². The molecule has 0 bridgehead atoms. The summed E-state index contributed by atoms with van der Waals surface area (Å²) in [6.07, 6.45) is 4.99. The number of aromatic nitrogens is 2. The normalized spacial score (nSPS) is 15.0. The Morgan fingerprint density at radius 2 is 1.92 bits per heavy atom. The van der Waals surface area contributed by atoms with Crippen molar-refractivity contribution in [2.24, 2.45) is 0 Å². The Labute approximate surface area is 151 Å². The molecule has 0 spiro atoms. The molecule has 1 saturated heterocycles. The number of nitrogens with zero attached hydrogens (tertiary/aromatic N) is 3. The van der Waals surface area contributed by atoms with Gasteiger partial charge in [-0.15, -0.1) is 0 Å². The SMILES string of the molecule is COc1cnc(OC2CCN(C(=O)Cc3ccccc3Cl)CC2)nc1. The van der Waals surface area contributed by atoms with Crippen LogP contribution < -0.4 is 9.47 Å². The predicted molar refractivity (Wildman–Crippen MR) is 94.0 cm³/mol. The van der Waals surface area contributed by atoms with Gasteiger partial charge in [0.2, 0.25) is 5.91 Å². The minimum atomic E-state index is 0.0118. The molecule has 1 aliphatic rings. The molecule has 0 radical (unpaired) electrons. The van der Waals surface area contributed by atoms with E-state index in [1.54, 1.807) is 25.6 Å². The Bertz CT molecular complexity index is 716. The van der Waals surface area contributed by atoms with Crippen LogP contribution in [0.25, 0.3) is 0 Å². The van der Waals surface area contributed by atoms with Crippen molar-refractivity contribution in [2.45, 2.75) is 25.4 Å². The highest BCUT2D eigenvalue weighted by Gasteiger charge is 2.24. The number of methoxy groups -OCH3 is 1. The molecule has 0 saturated carbocycles. The summed E-state index contributed by atoms with van der Waals surface area (Å²) in [4.78, 5) is 22.5. The van der Waals surface area contributed by atoms with Crippen molar-refractivity contribution in [1.29, 1.82) is 0 Å². The molecule has 1 fully saturated rings. The lowest BCUT2D eigenvalue weighted by Gasteiger charge is -2.31. The summed E-state index contributed by atoms with van der Waals surface area (Å²) in [6, 6.07) is 7.78. The van der Waals surface area contributed by atoms with Gasteiger partial charge in [0.15, 0.2) is 5.75 Å². The predicted octanol–water partition coefficient (Wildman–Crippen LogP) is 2.75. The fourth-order valence-electron chi connectivity index (χ4n) is 2.76. The first-order valence-electron chi connectivity index (χ1n) is 8.19. The van der Waals surface area contributed by atoms with Crippen molar-refractivity contribution in [3.8, 4) is 11.8 Å². The smallest absolute Gasteiger partial charge is 0.316 e. The van der Waals surface area contributed by atoms with Crippen LogP contribution in [0, 0.1) is 0 Å². The van der Waals surface area contributed by atoms with Crippen molar-refractivity contribution in [3.05, 3.63) is 47.2 Å². The van der Waals surface area contributed by atoms with Crippen LogP contribution in [0.4, 0.5) is 0 Å². The van der Waals surface area contributed by atoms with E-state index in [9.17, 15) is 4.79 Å². The molecular formula is C18H20ClN3O3. The van der Waals surface area contributed by atoms with Crippen LogP contribution in [0.1, 0.15) is 18.4 Å². The van der Waals surface area contributed by atoms with Crippen LogP contribution >= 0.6 is 11.6 Å². The zero-order chi connectivity index (χ0) is 17.6. The van der Waals surface area contributed by atoms with Gasteiger partial charge in [-0.2, -0.15) is 9.97 Å². The molecule has 0 aliphatic carbocycles. The molecule has 0 unspecified atom stereocenters. The second-order valence-corrected chi connectivity index (χ2v) is 6.28. The monoisotopic (exact) mass is 361 g/mol. The summed E-state index contributed by atoms with van der Waals surface area (Å²) >= 11 is 6.13. The van der Waals surface area contributed by atoms with Gasteiger partial charge < -0.3 is 14.4 Å². The second kappa shape index (κ2) is 8.16. The number of rotatable bonds is 5. The third kappa shape index (κ3) is 4.60. The largest absolute Gasteiger partial charge is 0.494 e. The molecule has 1 aliphatic heterocycles. The summed E-state index contributed by atoms with van der Waals surface area (Å²) in [5.74, 6) is 0.680. The number of hydrogen-bond acceptors (Lipinski definition) is 5. The maximum Gasteiger partial charge on any atom is 0.316 e. The fourth-order valence-corrected chi connectivity index (χ4v) is 2.96. The lowest BCUT2D eigenvalue weighted by Crippen LogP contribution is -2.42. The number of piperidine rings is 1. The van der Waals surface area contributed by atoms with E-state index in [1.165, 1.54) is 0 Å². The molecule has 2 aromatic rings. The number of benzene rings is 1. The maximum absolute atomic E-state index is 12.4. The highest BCUT2D eigenvalue weighted by atomic mass is 35.5. The summed E-state index contributed by atoms with van der Waals surface area (Å²) in [5.41, 5.74) is 0.860. The fraction of sp³-hybridized carbons (Fsp3) is 0.389. The lowest BCUT2D eigenvalue weighted by molar-refractivity contribution is -0.132. The van der Waals surface area contributed by atoms with Crippen LogP contribution in [0.2, 0.25) is 5.02 Å². The summed E-state index contributed by atoms with van der Waals surface area (Å²) in [6.45, 7) is 1.31. The molecule has 2 heterocycles. The average molecular weight is 362 g/mol. The van der Waals surface area contributed by atoms with E-state index in [1.807, 2.05) is 23.1 Å². The van der Waals surface area contributed by atoms with Crippen LogP contribution in [0.5, 0.6) is 11.8 Å². The molecule has 1 aromatic carbocycles. The van der Waals surface area contributed by atoms with Crippen LogP contribution in [-0.4, -0.2) is 47.1 Å². The van der Waals surface area contributed by atoms with Crippen LogP contribution in [0.15, 0.2) is 36.7 Å². The van der Waals surface area contributed by atoms with Gasteiger partial charge in [-0.25, -0.2) is 0 Å². The number of amides is 1. The van der Waals surface area contributed by atoms with Gasteiger partial charge >= 0.3 is 6.01 Å². The van der Waals surface area contributed by atoms with Crippen molar-refractivity contribution >= 4 is 17.5 Å². The zero-order valence-electron chi connectivity index (χ0n) is 14.0. The van der Waals surface area contributed by atoms with E-state index in [2.05, 4.69) is 9.97 Å². The molecule has 0 atom stereocenters. The van der Waals surface area contributed by atoms with Gasteiger partial charge in [-0.1, -0.05) is 29.8 Å². The highest BCUT2D eigenvalue weighted by Crippen LogP contribution is 2.20. The molecular weight excluding hydrogens is 342 g/mol. The van der Waals surface area contributed by atoms with Gasteiger partial charge in [0.1, 0.15) is 6.10 Å². The first kappa shape index (κ1) is 17.5. The maximum atomic E-state index is 12.4. The Morgan fingerprint density at radius 1 is 1.24 bits per heavy atom. The standard InChI is InChI=1S/C18H20ClN3O3/c1-24-15-11-20-18(21-12-15)25-14-6-8-22(9-7-14)17(23)10-13-4-2-3-5-16(13)19/h2-5,11-12,14H,6-10H2,1H3. The topological polar surface area (TPSA) is 64.6 Å². The van der Waals surface area contributed by atoms with Gasteiger partial charge in [-0.05, 0) is 11.6 Å². The molecule has 0 N–H and O–H groups in total. The minimum absolute atomic E-state index is 0.0118. The summed E-state index contributed by atoms with van der Waals surface area (Å²) in [7, 11) is 1.56. The number of likely N-dealkylation sites (tertiary alicyclic amines) is 1. The molecule has 3 rings (SSSR count). The molecule has 7 heteroatoms.